The first-order valence-corrected chi connectivity index (χ1v) is 4.18. The Kier molecular flexibility index (Phi) is 8.31. The molecule has 0 bridgehead atoms. The first-order valence-electron chi connectivity index (χ1n) is 2.19. The van der Waals surface area contributed by atoms with Gasteiger partial charge in [0.25, 0.3) is 0 Å². The van der Waals surface area contributed by atoms with E-state index in [9.17, 15) is 9.46 Å². The fourth-order valence-electron chi connectivity index (χ4n) is 0.219. The third kappa shape index (κ3) is 12.3. The third-order valence-corrected chi connectivity index (χ3v) is 1.10. The van der Waals surface area contributed by atoms with Gasteiger partial charge in [0.15, 0.2) is 0 Å². The summed E-state index contributed by atoms with van der Waals surface area (Å²) in [7, 11) is -3.51. The van der Waals surface area contributed by atoms with Gasteiger partial charge in [-0.1, -0.05) is 0 Å². The second kappa shape index (κ2) is 5.86. The average molecular weight is 161 g/mol. The van der Waals surface area contributed by atoms with E-state index in [0.29, 0.717) is 0 Å². The van der Waals surface area contributed by atoms with Crippen LogP contribution in [0.3, 0.4) is 0 Å². The van der Waals surface area contributed by atoms with Gasteiger partial charge in [-0.05, 0) is 0 Å². The van der Waals surface area contributed by atoms with Crippen molar-refractivity contribution in [2.45, 2.75) is 0 Å². The Morgan fingerprint density at radius 2 is 2.22 bits per heavy atom. The topological polar surface area (TPSA) is 75.4 Å². The average Bonchev–Trinajstić information content (AvgIpc) is 1.59. The molecule has 0 aromatic rings. The van der Waals surface area contributed by atoms with E-state index in [1.807, 2.05) is 0 Å². The van der Waals surface area contributed by atoms with Crippen LogP contribution in [0.15, 0.2) is 0 Å². The van der Waals surface area contributed by atoms with E-state index in [-0.39, 0.29) is 42.7 Å². The molecule has 0 rings (SSSR count). The van der Waals surface area contributed by atoms with E-state index < -0.39 is 7.60 Å². The molecule has 0 amide bonds. The molecule has 0 fully saturated rings. The standard InChI is InChI=1S/C3H10NO3P.Na/c1-8(5,6)7-3-2-4;/h2-4H2,1H3,(H,5,6);/q;+1/p-1. The molecule has 9 heavy (non-hydrogen) atoms. The van der Waals surface area contributed by atoms with Crippen molar-refractivity contribution >= 4 is 7.60 Å². The van der Waals surface area contributed by atoms with Crippen LogP contribution in [0, 0.1) is 0 Å². The van der Waals surface area contributed by atoms with Crippen LogP contribution in [0.1, 0.15) is 0 Å². The minimum atomic E-state index is -3.51. The molecule has 6 heteroatoms. The van der Waals surface area contributed by atoms with E-state index >= 15 is 0 Å². The summed E-state index contributed by atoms with van der Waals surface area (Å²) in [5.74, 6) is 0. The van der Waals surface area contributed by atoms with E-state index in [2.05, 4.69) is 4.52 Å². The van der Waals surface area contributed by atoms with Crippen LogP contribution in [0.5, 0.6) is 0 Å². The molecule has 2 N–H and O–H groups in total. The SMILES string of the molecule is CP(=O)([O-])OCCN.[Na+]. The van der Waals surface area contributed by atoms with Crippen molar-refractivity contribution in [2.75, 3.05) is 19.8 Å². The van der Waals surface area contributed by atoms with Crippen LogP contribution in [0.25, 0.3) is 0 Å². The predicted molar refractivity (Wildman–Crippen MR) is 28.5 cm³/mol. The quantitative estimate of drug-likeness (QED) is 0.339. The van der Waals surface area contributed by atoms with Gasteiger partial charge in [-0.15, -0.1) is 0 Å². The fourth-order valence-corrected chi connectivity index (χ4v) is 0.656. The van der Waals surface area contributed by atoms with Gasteiger partial charge in [-0.2, -0.15) is 0 Å². The van der Waals surface area contributed by atoms with Gasteiger partial charge in [-0.25, -0.2) is 0 Å². The Morgan fingerprint density at radius 3 is 2.33 bits per heavy atom. The molecule has 0 saturated carbocycles. The van der Waals surface area contributed by atoms with Crippen LogP contribution in [0.2, 0.25) is 0 Å². The Labute approximate surface area is 76.6 Å². The zero-order valence-electron chi connectivity index (χ0n) is 5.66. The molecule has 0 aromatic heterocycles. The van der Waals surface area contributed by atoms with Gasteiger partial charge < -0.3 is 19.7 Å². The number of nitrogens with two attached hydrogens (primary N) is 1. The maximum atomic E-state index is 10.1. The Morgan fingerprint density at radius 1 is 1.78 bits per heavy atom. The van der Waals surface area contributed by atoms with Gasteiger partial charge in [0.1, 0.15) is 7.60 Å². The third-order valence-electron chi connectivity index (χ3n) is 0.444. The summed E-state index contributed by atoms with van der Waals surface area (Å²) in [6, 6.07) is 0. The Hall–Kier alpha value is 1.11. The Bertz CT molecular complexity index is 103. The molecule has 0 spiro atoms. The van der Waals surface area contributed by atoms with E-state index in [1.165, 1.54) is 0 Å². The van der Waals surface area contributed by atoms with Gasteiger partial charge in [0.05, 0.1) is 6.61 Å². The molecule has 1 unspecified atom stereocenters. The predicted octanol–water partition coefficient (Wildman–Crippen LogP) is -3.85. The van der Waals surface area contributed by atoms with Crippen LogP contribution in [-0.4, -0.2) is 19.8 Å². The second-order valence-corrected chi connectivity index (χ2v) is 3.19. The molecular formula is C3H9NNaO3P. The second-order valence-electron chi connectivity index (χ2n) is 1.39. The summed E-state index contributed by atoms with van der Waals surface area (Å²) in [6.45, 7) is 1.33. The number of hydrogen-bond donors (Lipinski definition) is 1. The molecule has 1 atom stereocenters. The van der Waals surface area contributed by atoms with Gasteiger partial charge in [0.2, 0.25) is 0 Å². The molecule has 0 aliphatic rings. The van der Waals surface area contributed by atoms with Crippen molar-refractivity contribution in [3.8, 4) is 0 Å². The van der Waals surface area contributed by atoms with Crippen molar-refractivity contribution in [1.29, 1.82) is 0 Å². The zero-order valence-corrected chi connectivity index (χ0v) is 8.56. The Balaban J connectivity index is 0. The maximum Gasteiger partial charge on any atom is 1.00 e. The molecule has 0 aromatic carbocycles. The van der Waals surface area contributed by atoms with E-state index in [0.717, 1.165) is 6.66 Å². The van der Waals surface area contributed by atoms with E-state index in [4.69, 9.17) is 5.73 Å². The van der Waals surface area contributed by atoms with Crippen molar-refractivity contribution in [1.82, 2.24) is 0 Å². The zero-order chi connectivity index (χ0) is 6.62. The molecule has 0 aliphatic carbocycles. The summed E-state index contributed by atoms with van der Waals surface area (Å²) in [6.07, 6.45) is 0. The fraction of sp³-hybridized carbons (Fsp3) is 1.00. The smallest absolute Gasteiger partial charge is 0.779 e. The largest absolute Gasteiger partial charge is 1.00 e. The van der Waals surface area contributed by atoms with Gasteiger partial charge in [0, 0.05) is 13.2 Å². The van der Waals surface area contributed by atoms with Crippen molar-refractivity contribution in [2.24, 2.45) is 5.73 Å². The molecule has 50 valence electrons. The summed E-state index contributed by atoms with van der Waals surface area (Å²) in [4.78, 5) is 10.1. The van der Waals surface area contributed by atoms with Crippen molar-refractivity contribution in [3.63, 3.8) is 0 Å². The molecule has 0 heterocycles. The first-order chi connectivity index (χ1) is 3.56. The van der Waals surface area contributed by atoms with Crippen LogP contribution >= 0.6 is 7.60 Å². The maximum absolute atomic E-state index is 10.1. The van der Waals surface area contributed by atoms with Crippen molar-refractivity contribution < 1.29 is 43.5 Å². The van der Waals surface area contributed by atoms with Crippen LogP contribution in [0.4, 0.5) is 0 Å². The summed E-state index contributed by atoms with van der Waals surface area (Å²) in [5.41, 5.74) is 4.95. The molecule has 0 aliphatic heterocycles. The number of hydrogen-bond acceptors (Lipinski definition) is 4. The normalized spacial score (nSPS) is 15.9. The monoisotopic (exact) mass is 161 g/mol. The molecule has 4 nitrogen and oxygen atoms in total. The van der Waals surface area contributed by atoms with Crippen LogP contribution < -0.4 is 40.2 Å². The summed E-state index contributed by atoms with van der Waals surface area (Å²) >= 11 is 0. The van der Waals surface area contributed by atoms with Gasteiger partial charge >= 0.3 is 29.6 Å². The van der Waals surface area contributed by atoms with Gasteiger partial charge in [-0.3, -0.25) is 0 Å². The molecular weight excluding hydrogens is 152 g/mol. The first kappa shape index (κ1) is 12.8. The van der Waals surface area contributed by atoms with Crippen LogP contribution in [-0.2, 0) is 9.09 Å². The molecule has 0 radical (unpaired) electrons. The summed E-state index contributed by atoms with van der Waals surface area (Å²) < 4.78 is 14.4. The van der Waals surface area contributed by atoms with Crippen molar-refractivity contribution in [3.05, 3.63) is 0 Å². The number of rotatable bonds is 3. The molecule has 0 saturated heterocycles. The minimum Gasteiger partial charge on any atom is -0.779 e. The summed E-state index contributed by atoms with van der Waals surface area (Å²) in [5, 5.41) is 0. The van der Waals surface area contributed by atoms with E-state index in [1.54, 1.807) is 0 Å². The minimum absolute atomic E-state index is 0.